The van der Waals surface area contributed by atoms with Crippen LogP contribution in [0.3, 0.4) is 0 Å². The normalized spacial score (nSPS) is 24.1. The lowest BCUT2D eigenvalue weighted by Gasteiger charge is -2.39. The molecule has 5 aliphatic rings. The van der Waals surface area contributed by atoms with Gasteiger partial charge < -0.3 is 29.9 Å². The van der Waals surface area contributed by atoms with Crippen LogP contribution < -0.4 is 25.2 Å². The number of hydrogen-bond donors (Lipinski definition) is 3. The number of anilines is 3. The number of piperidine rings is 2. The fraction of sp³-hybridized carbons (Fsp3) is 0.512. The Kier molecular flexibility index (Phi) is 11.0. The molecule has 4 aliphatic heterocycles. The number of rotatable bonds is 10. The molecule has 14 nitrogen and oxygen atoms in total. The molecule has 294 valence electrons. The quantitative estimate of drug-likeness (QED) is 0.203. The van der Waals surface area contributed by atoms with Crippen LogP contribution in [-0.2, 0) is 16.1 Å². The van der Waals surface area contributed by atoms with E-state index >= 15 is 0 Å². The Morgan fingerprint density at radius 1 is 0.911 bits per heavy atom. The summed E-state index contributed by atoms with van der Waals surface area (Å²) in [5, 5.41) is 34.2. The SMILES string of the molecule is N#Cc1ccc(OC2CCC(C(O)Nc3ccc(N4CCC(CN5CCN(c6ccc7c(c6)C(=O)N(C6CCC(=O)NC6=O)C7)CC5)CC4)nn3)CC2)cc1F. The van der Waals surface area contributed by atoms with Gasteiger partial charge in [-0.3, -0.25) is 24.6 Å². The van der Waals surface area contributed by atoms with E-state index in [4.69, 9.17) is 10.00 Å². The number of nitrogens with one attached hydrogen (secondary N) is 2. The lowest BCUT2D eigenvalue weighted by Crippen LogP contribution is -2.52. The van der Waals surface area contributed by atoms with Gasteiger partial charge in [0.2, 0.25) is 11.8 Å². The van der Waals surface area contributed by atoms with Crippen molar-refractivity contribution in [2.75, 3.05) is 60.9 Å². The molecule has 56 heavy (non-hydrogen) atoms. The summed E-state index contributed by atoms with van der Waals surface area (Å²) in [5.41, 5.74) is 2.60. The summed E-state index contributed by atoms with van der Waals surface area (Å²) in [4.78, 5) is 46.1. The maximum absolute atomic E-state index is 14.0. The van der Waals surface area contributed by atoms with E-state index in [-0.39, 0.29) is 41.7 Å². The molecule has 2 atom stereocenters. The molecule has 3 N–H and O–H groups in total. The minimum atomic E-state index is -0.767. The first-order valence-corrected chi connectivity index (χ1v) is 19.8. The predicted molar refractivity (Wildman–Crippen MR) is 205 cm³/mol. The van der Waals surface area contributed by atoms with Crippen LogP contribution >= 0.6 is 0 Å². The lowest BCUT2D eigenvalue weighted by atomic mass is 9.86. The minimum Gasteiger partial charge on any atom is -0.490 e. The van der Waals surface area contributed by atoms with Crippen LogP contribution in [0.4, 0.5) is 21.7 Å². The van der Waals surface area contributed by atoms with Crippen molar-refractivity contribution in [1.29, 1.82) is 5.26 Å². The minimum absolute atomic E-state index is 0.00565. The van der Waals surface area contributed by atoms with Gasteiger partial charge in [0.05, 0.1) is 11.7 Å². The van der Waals surface area contributed by atoms with E-state index < -0.39 is 18.1 Å². The zero-order valence-corrected chi connectivity index (χ0v) is 31.4. The van der Waals surface area contributed by atoms with E-state index in [2.05, 4.69) is 41.6 Å². The second kappa shape index (κ2) is 16.4. The molecule has 0 spiro atoms. The molecule has 4 fully saturated rings. The van der Waals surface area contributed by atoms with Crippen molar-refractivity contribution in [3.05, 3.63) is 71.0 Å². The van der Waals surface area contributed by atoms with Gasteiger partial charge in [0.15, 0.2) is 11.6 Å². The van der Waals surface area contributed by atoms with E-state index in [9.17, 15) is 23.9 Å². The van der Waals surface area contributed by atoms with Gasteiger partial charge in [-0.2, -0.15) is 5.26 Å². The van der Waals surface area contributed by atoms with Crippen LogP contribution in [0.5, 0.6) is 5.75 Å². The zero-order chi connectivity index (χ0) is 38.8. The number of piperazine rings is 1. The highest BCUT2D eigenvalue weighted by Crippen LogP contribution is 2.33. The van der Waals surface area contributed by atoms with Crippen molar-refractivity contribution in [2.45, 2.75) is 76.3 Å². The van der Waals surface area contributed by atoms with Gasteiger partial charge in [-0.25, -0.2) is 4.39 Å². The average Bonchev–Trinajstić information content (AvgIpc) is 3.54. The molecule has 0 radical (unpaired) electrons. The Balaban J connectivity index is 0.742. The smallest absolute Gasteiger partial charge is 0.255 e. The van der Waals surface area contributed by atoms with Crippen molar-refractivity contribution >= 4 is 35.0 Å². The van der Waals surface area contributed by atoms with E-state index in [1.54, 1.807) is 11.0 Å². The molecule has 1 aliphatic carbocycles. The number of imide groups is 1. The number of nitriles is 1. The molecule has 3 aromatic rings. The predicted octanol–water partition coefficient (Wildman–Crippen LogP) is 3.66. The molecule has 3 saturated heterocycles. The van der Waals surface area contributed by atoms with E-state index in [0.717, 1.165) is 101 Å². The fourth-order valence-electron chi connectivity index (χ4n) is 8.85. The van der Waals surface area contributed by atoms with E-state index in [0.29, 0.717) is 36.0 Å². The summed E-state index contributed by atoms with van der Waals surface area (Å²) in [7, 11) is 0. The second-order valence-electron chi connectivity index (χ2n) is 15.7. The second-order valence-corrected chi connectivity index (χ2v) is 15.7. The molecule has 2 aromatic carbocycles. The zero-order valence-electron chi connectivity index (χ0n) is 31.4. The van der Waals surface area contributed by atoms with Crippen LogP contribution in [0.25, 0.3) is 0 Å². The number of amides is 3. The Morgan fingerprint density at radius 2 is 1.70 bits per heavy atom. The summed E-state index contributed by atoms with van der Waals surface area (Å²) < 4.78 is 19.9. The highest BCUT2D eigenvalue weighted by Gasteiger charge is 2.39. The summed E-state index contributed by atoms with van der Waals surface area (Å²) in [6.07, 6.45) is 4.88. The first kappa shape index (κ1) is 37.6. The number of aliphatic hydroxyl groups excluding tert-OH is 1. The van der Waals surface area contributed by atoms with Gasteiger partial charge >= 0.3 is 0 Å². The van der Waals surface area contributed by atoms with Gasteiger partial charge in [0.1, 0.15) is 29.9 Å². The molecule has 1 saturated carbocycles. The average molecular weight is 766 g/mol. The van der Waals surface area contributed by atoms with Crippen molar-refractivity contribution in [1.82, 2.24) is 25.3 Å². The number of carbonyl (C=O) groups excluding carboxylic acids is 3. The van der Waals surface area contributed by atoms with E-state index in [1.165, 1.54) is 12.1 Å². The summed E-state index contributed by atoms with van der Waals surface area (Å²) in [6, 6.07) is 15.4. The largest absolute Gasteiger partial charge is 0.490 e. The Bertz CT molecular complexity index is 1970. The fourth-order valence-corrected chi connectivity index (χ4v) is 8.85. The highest BCUT2D eigenvalue weighted by molar-refractivity contribution is 6.05. The van der Waals surface area contributed by atoms with Crippen LogP contribution in [0.1, 0.15) is 72.9 Å². The molecule has 5 heterocycles. The topological polar surface area (TPSA) is 167 Å². The number of halogens is 1. The molecule has 2 unspecified atom stereocenters. The van der Waals surface area contributed by atoms with Gasteiger partial charge in [-0.1, -0.05) is 6.07 Å². The monoisotopic (exact) mass is 765 g/mol. The number of ether oxygens (including phenoxy) is 1. The third-order valence-corrected chi connectivity index (χ3v) is 12.2. The number of aliphatic hydroxyl groups is 1. The van der Waals surface area contributed by atoms with Gasteiger partial charge in [-0.05, 0) is 92.8 Å². The molecule has 3 amide bonds. The Morgan fingerprint density at radius 3 is 2.39 bits per heavy atom. The molecule has 1 aromatic heterocycles. The van der Waals surface area contributed by atoms with Crippen molar-refractivity contribution < 1.29 is 28.6 Å². The Labute approximate surface area is 325 Å². The molecule has 15 heteroatoms. The van der Waals surface area contributed by atoms with Gasteiger partial charge in [0, 0.05) is 82.0 Å². The molecular weight excluding hydrogens is 718 g/mol. The highest BCUT2D eigenvalue weighted by atomic mass is 19.1. The lowest BCUT2D eigenvalue weighted by molar-refractivity contribution is -0.136. The van der Waals surface area contributed by atoms with Crippen LogP contribution in [0.15, 0.2) is 48.5 Å². The third-order valence-electron chi connectivity index (χ3n) is 12.2. The van der Waals surface area contributed by atoms with Crippen molar-refractivity contribution in [2.24, 2.45) is 11.8 Å². The van der Waals surface area contributed by atoms with Crippen LogP contribution in [0.2, 0.25) is 0 Å². The van der Waals surface area contributed by atoms with Crippen molar-refractivity contribution in [3.8, 4) is 11.8 Å². The first-order chi connectivity index (χ1) is 27.2. The van der Waals surface area contributed by atoms with E-state index in [1.807, 2.05) is 30.3 Å². The first-order valence-electron chi connectivity index (χ1n) is 19.8. The molecule has 8 rings (SSSR count). The van der Waals surface area contributed by atoms with Crippen LogP contribution in [-0.4, -0.2) is 107 Å². The number of nitrogens with zero attached hydrogens (tertiary/aromatic N) is 7. The molecular formula is C41H48FN9O5. The number of aromatic nitrogens is 2. The number of carbonyl (C=O) groups is 3. The maximum atomic E-state index is 14.0. The summed E-state index contributed by atoms with van der Waals surface area (Å²) in [6.45, 7) is 6.93. The van der Waals surface area contributed by atoms with Crippen LogP contribution in [0, 0.1) is 29.0 Å². The maximum Gasteiger partial charge on any atom is 0.255 e. The van der Waals surface area contributed by atoms with Gasteiger partial charge in [0.25, 0.3) is 5.91 Å². The van der Waals surface area contributed by atoms with Crippen molar-refractivity contribution in [3.63, 3.8) is 0 Å². The number of benzene rings is 2. The number of fused-ring (bicyclic) bond motifs is 1. The number of hydrogen-bond acceptors (Lipinski definition) is 12. The Hall–Kier alpha value is -5.33. The molecule has 0 bridgehead atoms. The summed E-state index contributed by atoms with van der Waals surface area (Å²) in [5.74, 6) is 1.01. The third kappa shape index (κ3) is 8.27. The standard InChI is InChI=1S/C41H48FN9O5/c42-34-22-32(8-4-28(34)23-43)56-31-6-2-27(3-7-31)39(53)44-36-10-11-37(47-46-36)50-15-13-26(14-16-50)24-48-17-19-49(20-18-48)30-5-1-29-25-51(41(55)33(29)21-30)35-9-12-38(52)45-40(35)54/h1,4-5,8,10-11,21-22,26-27,31,35,39,53H,2-3,6-7,9,12-20,24-25H2,(H,44,46)(H,45,52,54). The summed E-state index contributed by atoms with van der Waals surface area (Å²) >= 11 is 0. The van der Waals surface area contributed by atoms with Gasteiger partial charge in [-0.15, -0.1) is 10.2 Å².